The first kappa shape index (κ1) is 18.6. The van der Waals surface area contributed by atoms with Crippen molar-refractivity contribution in [2.24, 2.45) is 5.10 Å². The molecule has 6 heteroatoms. The lowest BCUT2D eigenvalue weighted by molar-refractivity contribution is -0.120. The second-order valence-corrected chi connectivity index (χ2v) is 8.20. The standard InChI is InChI=1S/C20H21N3OS2/c1-3-15(14-10-6-5-7-11-14)22-23-19(24)17(4-2)25-20-21-16-12-8-9-13-18(16)26-20/h5-13,17H,3-4H2,1-2H3,(H,23,24)/b22-15+/t17-/m1/s1. The molecule has 0 saturated carbocycles. The van der Waals surface area contributed by atoms with Crippen LogP contribution < -0.4 is 5.43 Å². The van der Waals surface area contributed by atoms with E-state index in [1.807, 2.05) is 62.4 Å². The maximum atomic E-state index is 12.6. The molecule has 0 aliphatic rings. The summed E-state index contributed by atoms with van der Waals surface area (Å²) in [7, 11) is 0. The summed E-state index contributed by atoms with van der Waals surface area (Å²) in [5, 5.41) is 4.14. The first-order valence-electron chi connectivity index (χ1n) is 8.65. The third-order valence-corrected chi connectivity index (χ3v) is 6.42. The number of benzene rings is 2. The summed E-state index contributed by atoms with van der Waals surface area (Å²) < 4.78 is 2.05. The van der Waals surface area contributed by atoms with Gasteiger partial charge in [0.05, 0.1) is 21.2 Å². The molecule has 134 valence electrons. The van der Waals surface area contributed by atoms with E-state index in [2.05, 4.69) is 21.6 Å². The number of nitrogens with one attached hydrogen (secondary N) is 1. The molecule has 0 saturated heterocycles. The first-order valence-corrected chi connectivity index (χ1v) is 10.3. The van der Waals surface area contributed by atoms with Crippen molar-refractivity contribution in [1.29, 1.82) is 0 Å². The number of thioether (sulfide) groups is 1. The lowest BCUT2D eigenvalue weighted by Gasteiger charge is -2.11. The Bertz CT molecular complexity index is 873. The Morgan fingerprint density at radius 3 is 2.58 bits per heavy atom. The highest BCUT2D eigenvalue weighted by Crippen LogP contribution is 2.33. The number of thiazole rings is 1. The van der Waals surface area contributed by atoms with Crippen LogP contribution in [0.2, 0.25) is 0 Å². The SMILES string of the molecule is CC/C(=N\NC(=O)[C@@H](CC)Sc1nc2ccccc2s1)c1ccccc1. The van der Waals surface area contributed by atoms with E-state index in [0.29, 0.717) is 0 Å². The van der Waals surface area contributed by atoms with E-state index in [1.54, 1.807) is 11.3 Å². The summed E-state index contributed by atoms with van der Waals surface area (Å²) in [4.78, 5) is 17.2. The fraction of sp³-hybridized carbons (Fsp3) is 0.250. The van der Waals surface area contributed by atoms with Crippen LogP contribution >= 0.6 is 23.1 Å². The van der Waals surface area contributed by atoms with Crippen LogP contribution in [0.3, 0.4) is 0 Å². The van der Waals surface area contributed by atoms with Gasteiger partial charge in [0.25, 0.3) is 5.91 Å². The molecular weight excluding hydrogens is 362 g/mol. The maximum absolute atomic E-state index is 12.6. The predicted octanol–water partition coefficient (Wildman–Crippen LogP) is 5.10. The maximum Gasteiger partial charge on any atom is 0.253 e. The van der Waals surface area contributed by atoms with E-state index in [-0.39, 0.29) is 11.2 Å². The van der Waals surface area contributed by atoms with E-state index < -0.39 is 0 Å². The number of para-hydroxylation sites is 1. The van der Waals surface area contributed by atoms with Crippen LogP contribution in [0.4, 0.5) is 0 Å². The molecule has 1 atom stereocenters. The van der Waals surface area contributed by atoms with E-state index in [0.717, 1.165) is 38.7 Å². The molecule has 0 aliphatic carbocycles. The summed E-state index contributed by atoms with van der Waals surface area (Å²) in [6.45, 7) is 4.04. The molecule has 4 nitrogen and oxygen atoms in total. The van der Waals surface area contributed by atoms with Crippen LogP contribution in [0.5, 0.6) is 0 Å². The molecule has 1 heterocycles. The predicted molar refractivity (Wildman–Crippen MR) is 111 cm³/mol. The Labute approximate surface area is 161 Å². The molecule has 0 bridgehead atoms. The quantitative estimate of drug-likeness (QED) is 0.351. The Kier molecular flexibility index (Phi) is 6.41. The van der Waals surface area contributed by atoms with Crippen molar-refractivity contribution in [3.63, 3.8) is 0 Å². The van der Waals surface area contributed by atoms with E-state index in [9.17, 15) is 4.79 Å². The molecule has 0 spiro atoms. The van der Waals surface area contributed by atoms with Crippen LogP contribution in [0, 0.1) is 0 Å². The molecule has 0 fully saturated rings. The van der Waals surface area contributed by atoms with Gasteiger partial charge >= 0.3 is 0 Å². The summed E-state index contributed by atoms with van der Waals surface area (Å²) in [6, 6.07) is 17.9. The second kappa shape index (κ2) is 8.96. The summed E-state index contributed by atoms with van der Waals surface area (Å²) in [5.74, 6) is -0.0846. The van der Waals surface area contributed by atoms with Crippen molar-refractivity contribution in [3.8, 4) is 0 Å². The lowest BCUT2D eigenvalue weighted by atomic mass is 10.1. The molecule has 26 heavy (non-hydrogen) atoms. The monoisotopic (exact) mass is 383 g/mol. The fourth-order valence-corrected chi connectivity index (χ4v) is 4.75. The number of hydrogen-bond acceptors (Lipinski definition) is 5. The molecule has 0 unspecified atom stereocenters. The van der Waals surface area contributed by atoms with Crippen molar-refractivity contribution < 1.29 is 4.79 Å². The minimum Gasteiger partial charge on any atom is -0.272 e. The average molecular weight is 384 g/mol. The Balaban J connectivity index is 1.69. The van der Waals surface area contributed by atoms with Gasteiger partial charge in [-0.2, -0.15) is 5.10 Å². The van der Waals surface area contributed by atoms with Crippen molar-refractivity contribution >= 4 is 44.9 Å². The van der Waals surface area contributed by atoms with Crippen molar-refractivity contribution in [2.45, 2.75) is 36.3 Å². The highest BCUT2D eigenvalue weighted by Gasteiger charge is 2.20. The van der Waals surface area contributed by atoms with Gasteiger partial charge < -0.3 is 0 Å². The van der Waals surface area contributed by atoms with E-state index >= 15 is 0 Å². The molecule has 0 radical (unpaired) electrons. The van der Waals surface area contributed by atoms with Gasteiger partial charge in [0, 0.05) is 0 Å². The fourth-order valence-electron chi connectivity index (χ4n) is 2.52. The van der Waals surface area contributed by atoms with Crippen molar-refractivity contribution in [1.82, 2.24) is 10.4 Å². The van der Waals surface area contributed by atoms with Gasteiger partial charge in [-0.25, -0.2) is 10.4 Å². The topological polar surface area (TPSA) is 54.4 Å². The number of amides is 1. The van der Waals surface area contributed by atoms with Gasteiger partial charge in [0.2, 0.25) is 0 Å². The summed E-state index contributed by atoms with van der Waals surface area (Å²) in [5.41, 5.74) is 5.62. The number of hydrogen-bond donors (Lipinski definition) is 1. The first-order chi connectivity index (χ1) is 12.7. The molecule has 3 aromatic rings. The third kappa shape index (κ3) is 4.51. The van der Waals surface area contributed by atoms with Crippen molar-refractivity contribution in [3.05, 3.63) is 60.2 Å². The van der Waals surface area contributed by atoms with E-state index in [4.69, 9.17) is 0 Å². The molecule has 1 aromatic heterocycles. The number of aromatic nitrogens is 1. The number of carbonyl (C=O) groups excluding carboxylic acids is 1. The molecular formula is C20H21N3OS2. The molecule has 3 rings (SSSR count). The highest BCUT2D eigenvalue weighted by atomic mass is 32.2. The molecule has 1 amide bonds. The Morgan fingerprint density at radius 1 is 1.15 bits per heavy atom. The molecule has 1 N–H and O–H groups in total. The van der Waals surface area contributed by atoms with Crippen LogP contribution in [0.1, 0.15) is 32.3 Å². The number of rotatable bonds is 7. The molecule has 2 aromatic carbocycles. The molecule has 0 aliphatic heterocycles. The van der Waals surface area contributed by atoms with Crippen molar-refractivity contribution in [2.75, 3.05) is 0 Å². The summed E-state index contributed by atoms with van der Waals surface area (Å²) in [6.07, 6.45) is 1.47. The van der Waals surface area contributed by atoms with Gasteiger partial charge in [0.15, 0.2) is 4.34 Å². The van der Waals surface area contributed by atoms with Gasteiger partial charge in [-0.1, -0.05) is 68.1 Å². The minimum absolute atomic E-state index is 0.0846. The number of fused-ring (bicyclic) bond motifs is 1. The summed E-state index contributed by atoms with van der Waals surface area (Å²) >= 11 is 3.12. The lowest BCUT2D eigenvalue weighted by Crippen LogP contribution is -2.29. The highest BCUT2D eigenvalue weighted by molar-refractivity contribution is 8.02. The van der Waals surface area contributed by atoms with Crippen LogP contribution in [-0.2, 0) is 4.79 Å². The second-order valence-electron chi connectivity index (χ2n) is 5.72. The zero-order chi connectivity index (χ0) is 18.4. The zero-order valence-corrected chi connectivity index (χ0v) is 16.4. The van der Waals surface area contributed by atoms with Crippen LogP contribution in [0.25, 0.3) is 10.2 Å². The smallest absolute Gasteiger partial charge is 0.253 e. The average Bonchev–Trinajstić information content (AvgIpc) is 3.09. The van der Waals surface area contributed by atoms with Gasteiger partial charge in [0.1, 0.15) is 0 Å². The minimum atomic E-state index is -0.215. The van der Waals surface area contributed by atoms with Gasteiger partial charge in [-0.15, -0.1) is 11.3 Å². The Morgan fingerprint density at radius 2 is 1.88 bits per heavy atom. The van der Waals surface area contributed by atoms with E-state index in [1.165, 1.54) is 11.8 Å². The third-order valence-electron chi connectivity index (χ3n) is 3.92. The zero-order valence-electron chi connectivity index (χ0n) is 14.8. The largest absolute Gasteiger partial charge is 0.272 e. The normalized spacial score (nSPS) is 12.9. The number of hydrazone groups is 1. The van der Waals surface area contributed by atoms with Crippen LogP contribution in [0.15, 0.2) is 64.0 Å². The number of carbonyl (C=O) groups is 1. The Hall–Kier alpha value is -2.18. The van der Waals surface area contributed by atoms with Gasteiger partial charge in [-0.05, 0) is 30.5 Å². The van der Waals surface area contributed by atoms with Gasteiger partial charge in [-0.3, -0.25) is 4.79 Å². The number of nitrogens with zero attached hydrogens (tertiary/aromatic N) is 2. The van der Waals surface area contributed by atoms with Crippen LogP contribution in [-0.4, -0.2) is 21.9 Å².